The second-order valence-electron chi connectivity index (χ2n) is 6.09. The summed E-state index contributed by atoms with van der Waals surface area (Å²) in [5.74, 6) is 1.21. The molecule has 2 atom stereocenters. The number of likely N-dealkylation sites (tertiary alicyclic amines) is 2. The van der Waals surface area contributed by atoms with Gasteiger partial charge in [0, 0.05) is 19.5 Å². The van der Waals surface area contributed by atoms with E-state index in [9.17, 15) is 9.59 Å². The van der Waals surface area contributed by atoms with E-state index in [-0.39, 0.29) is 23.9 Å². The first-order valence-electron chi connectivity index (χ1n) is 7.38. The highest BCUT2D eigenvalue weighted by Crippen LogP contribution is 2.37. The third kappa shape index (κ3) is 1.84. The number of hydrogen-bond donors (Lipinski definition) is 0. The number of carbonyl (C=O) groups is 2. The van der Waals surface area contributed by atoms with Crippen LogP contribution in [0.4, 0.5) is 0 Å². The molecule has 1 saturated carbocycles. The lowest BCUT2D eigenvalue weighted by Crippen LogP contribution is -2.40. The van der Waals surface area contributed by atoms with Crippen molar-refractivity contribution >= 4 is 11.8 Å². The highest BCUT2D eigenvalue weighted by atomic mass is 16.3. The lowest BCUT2D eigenvalue weighted by atomic mass is 10.1. The van der Waals surface area contributed by atoms with E-state index >= 15 is 0 Å². The van der Waals surface area contributed by atoms with E-state index in [2.05, 4.69) is 0 Å². The largest absolute Gasteiger partial charge is 0.459 e. The molecule has 1 aromatic rings. The van der Waals surface area contributed by atoms with Crippen molar-refractivity contribution in [2.75, 3.05) is 13.1 Å². The average Bonchev–Trinajstić information content (AvgIpc) is 2.87. The van der Waals surface area contributed by atoms with E-state index in [0.29, 0.717) is 18.1 Å². The minimum atomic E-state index is -0.0800. The van der Waals surface area contributed by atoms with Gasteiger partial charge < -0.3 is 14.2 Å². The SMILES string of the molecule is O=C1CC2C(CCN2C(=O)c2ccco2)N1CC1CC1. The summed E-state index contributed by atoms with van der Waals surface area (Å²) in [6, 6.07) is 3.68. The van der Waals surface area contributed by atoms with Crippen LogP contribution in [0.5, 0.6) is 0 Å². The van der Waals surface area contributed by atoms with Crippen molar-refractivity contribution in [3.05, 3.63) is 24.2 Å². The minimum absolute atomic E-state index is 0.0406. The molecular weight excluding hydrogens is 256 g/mol. The molecule has 4 rings (SSSR count). The van der Waals surface area contributed by atoms with Gasteiger partial charge >= 0.3 is 0 Å². The lowest BCUT2D eigenvalue weighted by Gasteiger charge is -2.25. The Hall–Kier alpha value is -1.78. The molecule has 3 aliphatic rings. The van der Waals surface area contributed by atoms with Gasteiger partial charge in [0.15, 0.2) is 5.76 Å². The number of furan rings is 1. The Balaban J connectivity index is 1.52. The zero-order chi connectivity index (χ0) is 13.7. The van der Waals surface area contributed by atoms with Crippen LogP contribution in [0.2, 0.25) is 0 Å². The van der Waals surface area contributed by atoms with Gasteiger partial charge in [-0.3, -0.25) is 9.59 Å². The molecule has 3 fully saturated rings. The van der Waals surface area contributed by atoms with Crippen LogP contribution in [0.3, 0.4) is 0 Å². The van der Waals surface area contributed by atoms with E-state index in [1.165, 1.54) is 19.1 Å². The van der Waals surface area contributed by atoms with Crippen molar-refractivity contribution in [2.45, 2.75) is 37.8 Å². The molecule has 0 radical (unpaired) electrons. The van der Waals surface area contributed by atoms with Crippen molar-refractivity contribution in [2.24, 2.45) is 5.92 Å². The van der Waals surface area contributed by atoms with Crippen molar-refractivity contribution < 1.29 is 14.0 Å². The second-order valence-corrected chi connectivity index (χ2v) is 6.09. The van der Waals surface area contributed by atoms with Gasteiger partial charge in [-0.15, -0.1) is 0 Å². The fourth-order valence-corrected chi connectivity index (χ4v) is 3.54. The molecule has 1 aliphatic carbocycles. The molecule has 2 aliphatic heterocycles. The Morgan fingerprint density at radius 3 is 2.85 bits per heavy atom. The standard InChI is InChI=1S/C15H18N2O3/c18-14-8-12-11(17(14)9-10-3-4-10)5-6-16(12)15(19)13-2-1-7-20-13/h1-2,7,10-12H,3-6,8-9H2. The summed E-state index contributed by atoms with van der Waals surface area (Å²) < 4.78 is 5.19. The number of rotatable bonds is 3. The normalized spacial score (nSPS) is 29.1. The Morgan fingerprint density at radius 1 is 1.30 bits per heavy atom. The molecule has 0 spiro atoms. The molecule has 3 heterocycles. The topological polar surface area (TPSA) is 53.8 Å². The first-order valence-corrected chi connectivity index (χ1v) is 7.38. The van der Waals surface area contributed by atoms with Gasteiger partial charge in [-0.25, -0.2) is 0 Å². The van der Waals surface area contributed by atoms with Crippen molar-refractivity contribution in [1.29, 1.82) is 0 Å². The van der Waals surface area contributed by atoms with Crippen LogP contribution in [0, 0.1) is 5.92 Å². The fourth-order valence-electron chi connectivity index (χ4n) is 3.54. The Labute approximate surface area is 117 Å². The third-order valence-electron chi connectivity index (χ3n) is 4.76. The molecule has 106 valence electrons. The van der Waals surface area contributed by atoms with Crippen LogP contribution in [0.25, 0.3) is 0 Å². The average molecular weight is 274 g/mol. The van der Waals surface area contributed by atoms with Gasteiger partial charge in [0.05, 0.1) is 18.3 Å². The third-order valence-corrected chi connectivity index (χ3v) is 4.76. The highest BCUT2D eigenvalue weighted by molar-refractivity contribution is 5.93. The smallest absolute Gasteiger partial charge is 0.289 e. The Bertz CT molecular complexity index is 535. The molecule has 20 heavy (non-hydrogen) atoms. The van der Waals surface area contributed by atoms with Crippen LogP contribution in [0.1, 0.15) is 36.2 Å². The van der Waals surface area contributed by atoms with Gasteiger partial charge in [0.25, 0.3) is 5.91 Å². The van der Waals surface area contributed by atoms with Crippen molar-refractivity contribution in [1.82, 2.24) is 9.80 Å². The van der Waals surface area contributed by atoms with E-state index in [1.54, 1.807) is 12.1 Å². The molecule has 0 bridgehead atoms. The predicted octanol–water partition coefficient (Wildman–Crippen LogP) is 1.51. The van der Waals surface area contributed by atoms with Crippen molar-refractivity contribution in [3.63, 3.8) is 0 Å². The van der Waals surface area contributed by atoms with E-state index in [1.807, 2.05) is 9.80 Å². The van der Waals surface area contributed by atoms with Crippen molar-refractivity contribution in [3.8, 4) is 0 Å². The summed E-state index contributed by atoms with van der Waals surface area (Å²) in [6.45, 7) is 1.62. The maximum Gasteiger partial charge on any atom is 0.289 e. The predicted molar refractivity (Wildman–Crippen MR) is 71.0 cm³/mol. The molecule has 0 N–H and O–H groups in total. The van der Waals surface area contributed by atoms with Crippen LogP contribution >= 0.6 is 0 Å². The van der Waals surface area contributed by atoms with E-state index < -0.39 is 0 Å². The molecule has 1 aromatic heterocycles. The summed E-state index contributed by atoms with van der Waals surface area (Å²) >= 11 is 0. The summed E-state index contributed by atoms with van der Waals surface area (Å²) in [6.07, 6.45) is 5.38. The first kappa shape index (κ1) is 12.0. The quantitative estimate of drug-likeness (QED) is 0.839. The summed E-state index contributed by atoms with van der Waals surface area (Å²) in [5, 5.41) is 0. The summed E-state index contributed by atoms with van der Waals surface area (Å²) in [7, 11) is 0. The second kappa shape index (κ2) is 4.36. The Morgan fingerprint density at radius 2 is 2.15 bits per heavy atom. The zero-order valence-corrected chi connectivity index (χ0v) is 11.3. The molecule has 2 saturated heterocycles. The van der Waals surface area contributed by atoms with Gasteiger partial charge in [-0.05, 0) is 37.3 Å². The van der Waals surface area contributed by atoms with Crippen LogP contribution < -0.4 is 0 Å². The number of carbonyl (C=O) groups excluding carboxylic acids is 2. The highest BCUT2D eigenvalue weighted by Gasteiger charge is 2.49. The van der Waals surface area contributed by atoms with E-state index in [0.717, 1.165) is 19.5 Å². The maximum absolute atomic E-state index is 12.4. The number of nitrogens with zero attached hydrogens (tertiary/aromatic N) is 2. The lowest BCUT2D eigenvalue weighted by molar-refractivity contribution is -0.129. The Kier molecular flexibility index (Phi) is 2.62. The molecule has 0 aromatic carbocycles. The maximum atomic E-state index is 12.4. The summed E-state index contributed by atoms with van der Waals surface area (Å²) in [5.41, 5.74) is 0. The van der Waals surface area contributed by atoms with Crippen LogP contribution in [0.15, 0.2) is 22.8 Å². The van der Waals surface area contributed by atoms with Gasteiger partial charge in [0.1, 0.15) is 0 Å². The monoisotopic (exact) mass is 274 g/mol. The number of fused-ring (bicyclic) bond motifs is 1. The fraction of sp³-hybridized carbons (Fsp3) is 0.600. The first-order chi connectivity index (χ1) is 9.74. The zero-order valence-electron chi connectivity index (χ0n) is 11.3. The molecule has 5 nitrogen and oxygen atoms in total. The number of hydrogen-bond acceptors (Lipinski definition) is 3. The van der Waals surface area contributed by atoms with Crippen LogP contribution in [-0.2, 0) is 4.79 Å². The van der Waals surface area contributed by atoms with Gasteiger partial charge in [-0.2, -0.15) is 0 Å². The van der Waals surface area contributed by atoms with Gasteiger partial charge in [-0.1, -0.05) is 0 Å². The minimum Gasteiger partial charge on any atom is -0.459 e. The van der Waals surface area contributed by atoms with Gasteiger partial charge in [0.2, 0.25) is 5.91 Å². The van der Waals surface area contributed by atoms with Crippen LogP contribution in [-0.4, -0.2) is 46.8 Å². The molecule has 5 heteroatoms. The molecule has 2 amide bonds. The summed E-state index contributed by atoms with van der Waals surface area (Å²) in [4.78, 5) is 28.4. The number of amides is 2. The van der Waals surface area contributed by atoms with E-state index in [4.69, 9.17) is 4.42 Å². The molecular formula is C15H18N2O3. The molecule has 2 unspecified atom stereocenters.